The minimum atomic E-state index is -3.89. The van der Waals surface area contributed by atoms with Crippen LogP contribution in [-0.2, 0) is 16.6 Å². The highest BCUT2D eigenvalue weighted by Crippen LogP contribution is 2.33. The Morgan fingerprint density at radius 3 is 2.60 bits per heavy atom. The van der Waals surface area contributed by atoms with E-state index in [-0.39, 0.29) is 22.2 Å². The molecule has 0 fully saturated rings. The maximum Gasteiger partial charge on any atom is 0.263 e. The molecule has 2 N–H and O–H groups in total. The largest absolute Gasteiger partial charge is 0.391 e. The summed E-state index contributed by atoms with van der Waals surface area (Å²) in [7, 11) is -3.89. The molecule has 4 nitrogen and oxygen atoms in total. The minimum absolute atomic E-state index is 0.0214. The molecule has 108 valence electrons. The van der Waals surface area contributed by atoms with Gasteiger partial charge >= 0.3 is 0 Å². The number of hydrogen-bond donors (Lipinski definition) is 2. The molecule has 2 aromatic rings. The van der Waals surface area contributed by atoms with Gasteiger partial charge in [0.15, 0.2) is 0 Å². The molecule has 0 aliphatic carbocycles. The van der Waals surface area contributed by atoms with Crippen LogP contribution in [0.1, 0.15) is 4.88 Å². The summed E-state index contributed by atoms with van der Waals surface area (Å²) in [5.41, 5.74) is 0.0265. The lowest BCUT2D eigenvalue weighted by molar-refractivity contribution is 0.285. The molecule has 0 atom stereocenters. The van der Waals surface area contributed by atoms with Gasteiger partial charge in [0.05, 0.1) is 16.1 Å². The van der Waals surface area contributed by atoms with Gasteiger partial charge in [-0.05, 0) is 40.2 Å². The number of rotatable bonds is 4. The monoisotopic (exact) mass is 399 g/mol. The average molecular weight is 401 g/mol. The number of nitrogens with one attached hydrogen (secondary N) is 1. The summed E-state index contributed by atoms with van der Waals surface area (Å²) in [4.78, 5) is 0.474. The Kier molecular flexibility index (Phi) is 4.70. The van der Waals surface area contributed by atoms with Crippen LogP contribution in [0.2, 0.25) is 5.02 Å². The van der Waals surface area contributed by atoms with Crippen LogP contribution in [-0.4, -0.2) is 13.5 Å². The Balaban J connectivity index is 2.37. The van der Waals surface area contributed by atoms with Crippen LogP contribution < -0.4 is 4.72 Å². The van der Waals surface area contributed by atoms with Crippen LogP contribution in [0.3, 0.4) is 0 Å². The predicted molar refractivity (Wildman–Crippen MR) is 80.2 cm³/mol. The predicted octanol–water partition coefficient (Wildman–Crippen LogP) is 3.60. The van der Waals surface area contributed by atoms with Crippen molar-refractivity contribution in [1.82, 2.24) is 0 Å². The van der Waals surface area contributed by atoms with Gasteiger partial charge in [-0.1, -0.05) is 11.6 Å². The number of hydrogen-bond acceptors (Lipinski definition) is 4. The lowest BCUT2D eigenvalue weighted by Gasteiger charge is -2.07. The number of sulfonamides is 1. The zero-order chi connectivity index (χ0) is 14.9. The van der Waals surface area contributed by atoms with Crippen molar-refractivity contribution < 1.29 is 17.9 Å². The van der Waals surface area contributed by atoms with E-state index in [1.165, 1.54) is 12.1 Å². The molecule has 0 spiro atoms. The zero-order valence-electron chi connectivity index (χ0n) is 9.73. The summed E-state index contributed by atoms with van der Waals surface area (Å²) < 4.78 is 40.2. The molecule has 20 heavy (non-hydrogen) atoms. The molecule has 1 aromatic heterocycles. The molecule has 9 heteroatoms. The Hall–Kier alpha value is -0.670. The molecule has 1 heterocycles. The standard InChI is InChI=1S/C11H8BrClFNO3S2/c12-11-10(4-9(5-16)19-11)20(17,18)15-8-2-6(13)1-7(14)3-8/h1-4,15-16H,5H2. The highest BCUT2D eigenvalue weighted by atomic mass is 79.9. The molecular weight excluding hydrogens is 393 g/mol. The van der Waals surface area contributed by atoms with Crippen LogP contribution >= 0.6 is 38.9 Å². The third-order valence-corrected chi connectivity index (χ3v) is 6.10. The Bertz CT molecular complexity index is 728. The third kappa shape index (κ3) is 3.50. The van der Waals surface area contributed by atoms with E-state index in [2.05, 4.69) is 20.7 Å². The highest BCUT2D eigenvalue weighted by Gasteiger charge is 2.21. The van der Waals surface area contributed by atoms with E-state index < -0.39 is 15.8 Å². The maximum absolute atomic E-state index is 13.2. The first-order valence-corrected chi connectivity index (χ1v) is 8.67. The van der Waals surface area contributed by atoms with Crippen molar-refractivity contribution in [3.63, 3.8) is 0 Å². The van der Waals surface area contributed by atoms with Crippen LogP contribution in [0.25, 0.3) is 0 Å². The number of aliphatic hydroxyl groups is 1. The van der Waals surface area contributed by atoms with E-state index in [1.807, 2.05) is 0 Å². The van der Waals surface area contributed by atoms with Gasteiger partial charge in [0.1, 0.15) is 10.7 Å². The van der Waals surface area contributed by atoms with E-state index in [9.17, 15) is 12.8 Å². The molecule has 0 aliphatic heterocycles. The summed E-state index contributed by atoms with van der Waals surface area (Å²) in [6.07, 6.45) is 0. The summed E-state index contributed by atoms with van der Waals surface area (Å²) >= 11 is 9.90. The molecular formula is C11H8BrClFNO3S2. The highest BCUT2D eigenvalue weighted by molar-refractivity contribution is 9.11. The number of anilines is 1. The van der Waals surface area contributed by atoms with Gasteiger partial charge in [0.2, 0.25) is 0 Å². The topological polar surface area (TPSA) is 66.4 Å². The lowest BCUT2D eigenvalue weighted by atomic mass is 10.3. The van der Waals surface area contributed by atoms with E-state index in [0.717, 1.165) is 23.5 Å². The molecule has 0 aliphatic rings. The molecule has 0 bridgehead atoms. The van der Waals surface area contributed by atoms with Crippen molar-refractivity contribution in [1.29, 1.82) is 0 Å². The van der Waals surface area contributed by atoms with Crippen molar-refractivity contribution in [2.45, 2.75) is 11.5 Å². The third-order valence-electron chi connectivity index (χ3n) is 2.27. The first-order valence-electron chi connectivity index (χ1n) is 5.20. The quantitative estimate of drug-likeness (QED) is 0.824. The molecule has 1 aromatic carbocycles. The van der Waals surface area contributed by atoms with Gasteiger partial charge in [-0.15, -0.1) is 11.3 Å². The van der Waals surface area contributed by atoms with Crippen LogP contribution in [0.5, 0.6) is 0 Å². The van der Waals surface area contributed by atoms with Crippen molar-refractivity contribution in [2.24, 2.45) is 0 Å². The number of benzene rings is 1. The number of thiophene rings is 1. The normalized spacial score (nSPS) is 11.6. The van der Waals surface area contributed by atoms with Crippen molar-refractivity contribution in [3.05, 3.63) is 43.8 Å². The van der Waals surface area contributed by atoms with Gasteiger partial charge in [0, 0.05) is 9.90 Å². The second-order valence-electron chi connectivity index (χ2n) is 3.77. The smallest absolute Gasteiger partial charge is 0.263 e. The SMILES string of the molecule is O=S(=O)(Nc1cc(F)cc(Cl)c1)c1cc(CO)sc1Br. The van der Waals surface area contributed by atoms with Crippen LogP contribution in [0, 0.1) is 5.82 Å². The summed E-state index contributed by atoms with van der Waals surface area (Å²) in [5, 5.41) is 9.10. The van der Waals surface area contributed by atoms with Gasteiger partial charge in [-0.2, -0.15) is 0 Å². The summed E-state index contributed by atoms with van der Waals surface area (Å²) in [6, 6.07) is 4.74. The second-order valence-corrected chi connectivity index (χ2v) is 8.31. The van der Waals surface area contributed by atoms with Gasteiger partial charge in [-0.3, -0.25) is 4.72 Å². The van der Waals surface area contributed by atoms with E-state index in [0.29, 0.717) is 8.66 Å². The lowest BCUT2D eigenvalue weighted by Crippen LogP contribution is -2.12. The zero-order valence-corrected chi connectivity index (χ0v) is 13.7. The fourth-order valence-corrected chi connectivity index (χ4v) is 5.29. The minimum Gasteiger partial charge on any atom is -0.391 e. The Labute approximate surface area is 132 Å². The van der Waals surface area contributed by atoms with Crippen molar-refractivity contribution in [2.75, 3.05) is 4.72 Å². The van der Waals surface area contributed by atoms with Crippen molar-refractivity contribution in [3.8, 4) is 0 Å². The van der Waals surface area contributed by atoms with Gasteiger partial charge < -0.3 is 5.11 Å². The fourth-order valence-electron chi connectivity index (χ4n) is 1.48. The number of halogens is 3. The average Bonchev–Trinajstić information content (AvgIpc) is 2.69. The fraction of sp³-hybridized carbons (Fsp3) is 0.0909. The Morgan fingerprint density at radius 1 is 1.35 bits per heavy atom. The van der Waals surface area contributed by atoms with Gasteiger partial charge in [0.25, 0.3) is 10.0 Å². The Morgan fingerprint density at radius 2 is 2.05 bits per heavy atom. The molecule has 0 amide bonds. The van der Waals surface area contributed by atoms with Gasteiger partial charge in [-0.25, -0.2) is 12.8 Å². The maximum atomic E-state index is 13.2. The molecule has 0 unspecified atom stereocenters. The second kappa shape index (κ2) is 5.98. The number of aliphatic hydroxyl groups excluding tert-OH is 1. The molecule has 0 saturated carbocycles. The molecule has 2 rings (SSSR count). The first-order chi connectivity index (χ1) is 9.31. The molecule has 0 radical (unpaired) electrons. The summed E-state index contributed by atoms with van der Waals surface area (Å²) in [6.45, 7) is -0.259. The first kappa shape index (κ1) is 15.7. The van der Waals surface area contributed by atoms with Crippen LogP contribution in [0.15, 0.2) is 32.9 Å². The van der Waals surface area contributed by atoms with E-state index >= 15 is 0 Å². The molecule has 0 saturated heterocycles. The van der Waals surface area contributed by atoms with E-state index in [4.69, 9.17) is 16.7 Å². The van der Waals surface area contributed by atoms with Crippen LogP contribution in [0.4, 0.5) is 10.1 Å². The van der Waals surface area contributed by atoms with Crippen molar-refractivity contribution >= 4 is 54.6 Å². The summed E-state index contributed by atoms with van der Waals surface area (Å²) in [5.74, 6) is -0.643. The van der Waals surface area contributed by atoms with E-state index in [1.54, 1.807) is 0 Å².